The molecule has 0 aromatic carbocycles. The largest absolute Gasteiger partial charge is 0.381 e. The van der Waals surface area contributed by atoms with Crippen molar-refractivity contribution in [3.8, 4) is 0 Å². The summed E-state index contributed by atoms with van der Waals surface area (Å²) in [5.74, 6) is 9.28. The molecule has 0 spiro atoms. The average molecular weight is 224 g/mol. The lowest BCUT2D eigenvalue weighted by molar-refractivity contribution is 0.0341. The van der Waals surface area contributed by atoms with Crippen LogP contribution in [0, 0.1) is 23.7 Å². The Morgan fingerprint density at radius 3 is 2.38 bits per heavy atom. The fourth-order valence-corrected chi connectivity index (χ4v) is 4.19. The van der Waals surface area contributed by atoms with Crippen LogP contribution >= 0.6 is 0 Å². The van der Waals surface area contributed by atoms with Crippen LogP contribution in [0.4, 0.5) is 0 Å². The van der Waals surface area contributed by atoms with Crippen LogP contribution in [-0.4, -0.2) is 19.3 Å². The van der Waals surface area contributed by atoms with E-state index >= 15 is 0 Å². The summed E-state index contributed by atoms with van der Waals surface area (Å²) in [7, 11) is 0. The maximum absolute atomic E-state index is 5.79. The van der Waals surface area contributed by atoms with E-state index in [2.05, 4.69) is 5.43 Å². The summed E-state index contributed by atoms with van der Waals surface area (Å²) in [4.78, 5) is 0. The molecule has 2 saturated carbocycles. The van der Waals surface area contributed by atoms with Crippen molar-refractivity contribution in [1.82, 2.24) is 5.43 Å². The van der Waals surface area contributed by atoms with Gasteiger partial charge in [0.1, 0.15) is 0 Å². The van der Waals surface area contributed by atoms with Gasteiger partial charge in [-0.15, -0.1) is 0 Å². The first-order valence-corrected chi connectivity index (χ1v) is 6.95. The van der Waals surface area contributed by atoms with Crippen molar-refractivity contribution in [3.05, 3.63) is 0 Å². The van der Waals surface area contributed by atoms with E-state index in [0.717, 1.165) is 31.0 Å². The maximum Gasteiger partial charge on any atom is 0.0509 e. The van der Waals surface area contributed by atoms with Crippen molar-refractivity contribution in [2.75, 3.05) is 13.2 Å². The highest BCUT2D eigenvalue weighted by Crippen LogP contribution is 2.58. The third-order valence-corrected chi connectivity index (χ3v) is 5.03. The summed E-state index contributed by atoms with van der Waals surface area (Å²) in [6, 6.07) is 0.522. The van der Waals surface area contributed by atoms with E-state index in [1.165, 1.54) is 38.5 Å². The lowest BCUT2D eigenvalue weighted by Gasteiger charge is -2.30. The molecule has 1 heterocycles. The van der Waals surface area contributed by atoms with Gasteiger partial charge in [0.25, 0.3) is 0 Å². The Hall–Kier alpha value is -0.120. The fraction of sp³-hybridized carbons (Fsp3) is 1.00. The molecule has 0 aromatic rings. The maximum atomic E-state index is 5.79. The van der Waals surface area contributed by atoms with Crippen LogP contribution < -0.4 is 11.3 Å². The second-order valence-electron chi connectivity index (χ2n) is 5.86. The molecule has 3 fully saturated rings. The fourth-order valence-electron chi connectivity index (χ4n) is 4.19. The van der Waals surface area contributed by atoms with Crippen LogP contribution in [0.5, 0.6) is 0 Å². The Morgan fingerprint density at radius 1 is 1.06 bits per heavy atom. The predicted octanol–water partition coefficient (Wildman–Crippen LogP) is 1.68. The predicted molar refractivity (Wildman–Crippen MR) is 63.6 cm³/mol. The number of hydrogen-bond acceptors (Lipinski definition) is 3. The van der Waals surface area contributed by atoms with Gasteiger partial charge in [0.15, 0.2) is 0 Å². The van der Waals surface area contributed by atoms with Crippen molar-refractivity contribution in [3.63, 3.8) is 0 Å². The van der Waals surface area contributed by atoms with E-state index in [9.17, 15) is 0 Å². The second-order valence-corrected chi connectivity index (χ2v) is 5.86. The van der Waals surface area contributed by atoms with Gasteiger partial charge in [0.05, 0.1) is 6.61 Å². The summed E-state index contributed by atoms with van der Waals surface area (Å²) in [5.41, 5.74) is 3.11. The van der Waals surface area contributed by atoms with Crippen molar-refractivity contribution in [2.24, 2.45) is 29.5 Å². The highest BCUT2D eigenvalue weighted by molar-refractivity contribution is 5.05. The topological polar surface area (TPSA) is 47.3 Å². The van der Waals surface area contributed by atoms with Gasteiger partial charge in [-0.25, -0.2) is 0 Å². The zero-order valence-electron chi connectivity index (χ0n) is 10.0. The van der Waals surface area contributed by atoms with Gasteiger partial charge in [-0.1, -0.05) is 12.8 Å². The first kappa shape index (κ1) is 11.0. The molecule has 1 aliphatic heterocycles. The first-order chi connectivity index (χ1) is 7.92. The third-order valence-electron chi connectivity index (χ3n) is 5.03. The van der Waals surface area contributed by atoms with Crippen molar-refractivity contribution >= 4 is 0 Å². The quantitative estimate of drug-likeness (QED) is 0.566. The molecule has 3 N–H and O–H groups in total. The van der Waals surface area contributed by atoms with Crippen LogP contribution in [0.25, 0.3) is 0 Å². The SMILES string of the molecule is NNC(C1CCCOC1)C1C2CCCCC21. The minimum Gasteiger partial charge on any atom is -0.381 e. The van der Waals surface area contributed by atoms with Crippen molar-refractivity contribution < 1.29 is 4.74 Å². The first-order valence-electron chi connectivity index (χ1n) is 6.95. The van der Waals surface area contributed by atoms with Crippen LogP contribution in [0.15, 0.2) is 0 Å². The number of rotatable bonds is 3. The van der Waals surface area contributed by atoms with Crippen LogP contribution in [0.1, 0.15) is 38.5 Å². The molecule has 92 valence electrons. The van der Waals surface area contributed by atoms with Crippen molar-refractivity contribution in [2.45, 2.75) is 44.6 Å². The summed E-state index contributed by atoms with van der Waals surface area (Å²) in [6.45, 7) is 1.87. The number of ether oxygens (including phenoxy) is 1. The number of hydrazine groups is 1. The highest BCUT2D eigenvalue weighted by Gasteiger charge is 2.55. The monoisotopic (exact) mass is 224 g/mol. The molecule has 4 atom stereocenters. The molecule has 0 aromatic heterocycles. The van der Waals surface area contributed by atoms with Crippen LogP contribution in [0.3, 0.4) is 0 Å². The molecule has 3 aliphatic rings. The molecule has 0 amide bonds. The second kappa shape index (κ2) is 4.63. The average Bonchev–Trinajstić information content (AvgIpc) is 3.07. The minimum absolute atomic E-state index is 0.522. The molecule has 3 rings (SSSR count). The molecule has 3 heteroatoms. The number of nitrogens with one attached hydrogen (secondary N) is 1. The van der Waals surface area contributed by atoms with Crippen LogP contribution in [-0.2, 0) is 4.74 Å². The molecule has 3 nitrogen and oxygen atoms in total. The van der Waals surface area contributed by atoms with E-state index in [1.54, 1.807) is 0 Å². The third kappa shape index (κ3) is 1.89. The van der Waals surface area contributed by atoms with Gasteiger partial charge in [-0.2, -0.15) is 0 Å². The zero-order chi connectivity index (χ0) is 11.0. The van der Waals surface area contributed by atoms with Gasteiger partial charge < -0.3 is 4.74 Å². The lowest BCUT2D eigenvalue weighted by Crippen LogP contribution is -2.46. The molecule has 0 radical (unpaired) electrons. The van der Waals surface area contributed by atoms with Gasteiger partial charge in [0.2, 0.25) is 0 Å². The summed E-state index contributed by atoms with van der Waals surface area (Å²) < 4.78 is 5.60. The molecule has 4 unspecified atom stereocenters. The molecular weight excluding hydrogens is 200 g/mol. The zero-order valence-corrected chi connectivity index (χ0v) is 10.0. The van der Waals surface area contributed by atoms with E-state index in [0.29, 0.717) is 12.0 Å². The highest BCUT2D eigenvalue weighted by atomic mass is 16.5. The smallest absolute Gasteiger partial charge is 0.0509 e. The molecule has 0 bridgehead atoms. The Morgan fingerprint density at radius 2 is 1.81 bits per heavy atom. The van der Waals surface area contributed by atoms with Crippen LogP contribution in [0.2, 0.25) is 0 Å². The van der Waals surface area contributed by atoms with Crippen molar-refractivity contribution in [1.29, 1.82) is 0 Å². The Bertz CT molecular complexity index is 228. The summed E-state index contributed by atoms with van der Waals surface area (Å²) in [5, 5.41) is 0. The van der Waals surface area contributed by atoms with Gasteiger partial charge in [-0.05, 0) is 49.4 Å². The summed E-state index contributed by atoms with van der Waals surface area (Å²) in [6.07, 6.45) is 8.28. The van der Waals surface area contributed by atoms with Gasteiger partial charge >= 0.3 is 0 Å². The Labute approximate surface area is 98.1 Å². The molecule has 2 aliphatic carbocycles. The summed E-state index contributed by atoms with van der Waals surface area (Å²) >= 11 is 0. The lowest BCUT2D eigenvalue weighted by atomic mass is 9.89. The van der Waals surface area contributed by atoms with Gasteiger partial charge in [-0.3, -0.25) is 11.3 Å². The van der Waals surface area contributed by atoms with E-state index in [-0.39, 0.29) is 0 Å². The normalized spacial score (nSPS) is 44.8. The number of nitrogens with two attached hydrogens (primary N) is 1. The minimum atomic E-state index is 0.522. The van der Waals surface area contributed by atoms with Gasteiger partial charge in [0, 0.05) is 12.6 Å². The van der Waals surface area contributed by atoms with E-state index in [1.807, 2.05) is 0 Å². The Kier molecular flexibility index (Phi) is 3.18. The number of hydrogen-bond donors (Lipinski definition) is 2. The number of fused-ring (bicyclic) bond motifs is 1. The Balaban J connectivity index is 1.62. The van der Waals surface area contributed by atoms with E-state index in [4.69, 9.17) is 10.6 Å². The molecular formula is C13H24N2O. The molecule has 1 saturated heterocycles. The van der Waals surface area contributed by atoms with E-state index < -0.39 is 0 Å². The standard InChI is InChI=1S/C13H24N2O/c14-15-13(9-4-3-7-16-8-9)12-10-5-1-2-6-11(10)12/h9-13,15H,1-8,14H2. The molecule has 16 heavy (non-hydrogen) atoms.